The molecule has 0 aromatic carbocycles. The minimum atomic E-state index is 0.582. The number of alkyl halides is 1. The number of allylic oxidation sites excluding steroid dienone is 1. The summed E-state index contributed by atoms with van der Waals surface area (Å²) in [4.78, 5) is 0. The number of rotatable bonds is 5. The Morgan fingerprint density at radius 1 is 1.27 bits per heavy atom. The molecule has 2 heteroatoms. The van der Waals surface area contributed by atoms with Crippen LogP contribution < -0.4 is 0 Å². The zero-order valence-corrected chi connectivity index (χ0v) is 8.70. The SMILES string of the molecule is CC(/C=C/Cl)CC[C@@H](C)CCl. The van der Waals surface area contributed by atoms with Gasteiger partial charge in [-0.3, -0.25) is 0 Å². The van der Waals surface area contributed by atoms with E-state index >= 15 is 0 Å². The third-order valence-corrected chi connectivity index (χ3v) is 2.45. The van der Waals surface area contributed by atoms with E-state index in [0.29, 0.717) is 11.8 Å². The van der Waals surface area contributed by atoms with Gasteiger partial charge < -0.3 is 0 Å². The Morgan fingerprint density at radius 2 is 1.91 bits per heavy atom. The molecule has 0 amide bonds. The van der Waals surface area contributed by atoms with E-state index in [1.54, 1.807) is 5.54 Å². The maximum atomic E-state index is 5.67. The van der Waals surface area contributed by atoms with Crippen LogP contribution in [0, 0.1) is 11.8 Å². The lowest BCUT2D eigenvalue weighted by Gasteiger charge is -2.09. The predicted octanol–water partition coefficient (Wildman–Crippen LogP) is 4.03. The second kappa shape index (κ2) is 7.00. The van der Waals surface area contributed by atoms with E-state index in [4.69, 9.17) is 23.2 Å². The van der Waals surface area contributed by atoms with Crippen molar-refractivity contribution in [2.45, 2.75) is 26.7 Å². The molecule has 0 aromatic heterocycles. The van der Waals surface area contributed by atoms with E-state index in [9.17, 15) is 0 Å². The molecule has 0 fully saturated rings. The zero-order chi connectivity index (χ0) is 8.69. The third kappa shape index (κ3) is 6.71. The van der Waals surface area contributed by atoms with E-state index in [1.807, 2.05) is 6.08 Å². The number of halogens is 2. The van der Waals surface area contributed by atoms with Crippen molar-refractivity contribution in [3.8, 4) is 0 Å². The molecule has 11 heavy (non-hydrogen) atoms. The fourth-order valence-corrected chi connectivity index (χ4v) is 1.25. The first kappa shape index (κ1) is 11.3. The lowest BCUT2D eigenvalue weighted by molar-refractivity contribution is 0.506. The molecule has 1 unspecified atom stereocenters. The van der Waals surface area contributed by atoms with Crippen molar-refractivity contribution >= 4 is 23.2 Å². The number of hydrogen-bond donors (Lipinski definition) is 0. The number of hydrogen-bond acceptors (Lipinski definition) is 0. The molecule has 0 N–H and O–H groups in total. The summed E-state index contributed by atoms with van der Waals surface area (Å²) in [6.07, 6.45) is 4.38. The van der Waals surface area contributed by atoms with Gasteiger partial charge in [-0.25, -0.2) is 0 Å². The molecule has 0 aliphatic carbocycles. The highest BCUT2D eigenvalue weighted by molar-refractivity contribution is 6.25. The van der Waals surface area contributed by atoms with E-state index in [1.165, 1.54) is 12.8 Å². The summed E-state index contributed by atoms with van der Waals surface area (Å²) in [5.41, 5.74) is 1.59. The van der Waals surface area contributed by atoms with Gasteiger partial charge in [0.25, 0.3) is 0 Å². The van der Waals surface area contributed by atoms with Crippen molar-refractivity contribution in [2.75, 3.05) is 5.88 Å². The standard InChI is InChI=1S/C9H16Cl2/c1-8(5-6-10)3-4-9(2)7-11/h5-6,8-9H,3-4,7H2,1-2H3/b6-5+/t8?,9-/m1/s1. The molecule has 0 aliphatic heterocycles. The lowest BCUT2D eigenvalue weighted by atomic mass is 10.00. The second-order valence-electron chi connectivity index (χ2n) is 3.13. The first-order valence-electron chi connectivity index (χ1n) is 4.03. The van der Waals surface area contributed by atoms with Crippen molar-refractivity contribution in [1.82, 2.24) is 0 Å². The minimum Gasteiger partial charge on any atom is -0.126 e. The molecule has 0 spiro atoms. The summed E-state index contributed by atoms with van der Waals surface area (Å²) in [5, 5.41) is 0. The topological polar surface area (TPSA) is 0 Å². The maximum Gasteiger partial charge on any atom is 0.0249 e. The highest BCUT2D eigenvalue weighted by atomic mass is 35.5. The quantitative estimate of drug-likeness (QED) is 0.581. The largest absolute Gasteiger partial charge is 0.126 e. The molecule has 0 aliphatic rings. The maximum absolute atomic E-state index is 5.67. The molecule has 0 nitrogen and oxygen atoms in total. The van der Waals surface area contributed by atoms with Crippen molar-refractivity contribution in [3.63, 3.8) is 0 Å². The predicted molar refractivity (Wildman–Crippen MR) is 53.3 cm³/mol. The average molecular weight is 195 g/mol. The summed E-state index contributed by atoms with van der Waals surface area (Å²) >= 11 is 11.1. The molecular formula is C9H16Cl2. The average Bonchev–Trinajstić information content (AvgIpc) is 2.01. The van der Waals surface area contributed by atoms with Crippen molar-refractivity contribution in [1.29, 1.82) is 0 Å². The normalized spacial score (nSPS) is 17.1. The Labute approximate surface area is 79.6 Å². The van der Waals surface area contributed by atoms with Gasteiger partial charge in [0.15, 0.2) is 0 Å². The molecular weight excluding hydrogens is 179 g/mol. The molecule has 66 valence electrons. The van der Waals surface area contributed by atoms with Gasteiger partial charge in [-0.2, -0.15) is 0 Å². The summed E-state index contributed by atoms with van der Waals surface area (Å²) in [7, 11) is 0. The van der Waals surface area contributed by atoms with Gasteiger partial charge in [-0.1, -0.05) is 31.5 Å². The van der Waals surface area contributed by atoms with E-state index in [0.717, 1.165) is 5.88 Å². The summed E-state index contributed by atoms with van der Waals surface area (Å²) in [5.74, 6) is 1.97. The monoisotopic (exact) mass is 194 g/mol. The second-order valence-corrected chi connectivity index (χ2v) is 3.69. The zero-order valence-electron chi connectivity index (χ0n) is 7.19. The van der Waals surface area contributed by atoms with Gasteiger partial charge in [-0.15, -0.1) is 11.6 Å². The Bertz CT molecular complexity index is 110. The summed E-state index contributed by atoms with van der Waals surface area (Å²) in [6.45, 7) is 4.34. The van der Waals surface area contributed by atoms with Gasteiger partial charge in [0, 0.05) is 11.4 Å². The molecule has 0 aromatic rings. The van der Waals surface area contributed by atoms with Crippen LogP contribution in [0.1, 0.15) is 26.7 Å². The van der Waals surface area contributed by atoms with Crippen LogP contribution in [0.4, 0.5) is 0 Å². The van der Waals surface area contributed by atoms with Crippen LogP contribution in [0.2, 0.25) is 0 Å². The van der Waals surface area contributed by atoms with Crippen LogP contribution in [-0.2, 0) is 0 Å². The Morgan fingerprint density at radius 3 is 2.36 bits per heavy atom. The van der Waals surface area contributed by atoms with Crippen LogP contribution in [-0.4, -0.2) is 5.88 Å². The first-order chi connectivity index (χ1) is 5.20. The molecule has 0 saturated carbocycles. The molecule has 0 radical (unpaired) electrons. The van der Waals surface area contributed by atoms with E-state index < -0.39 is 0 Å². The van der Waals surface area contributed by atoms with Crippen molar-refractivity contribution in [3.05, 3.63) is 11.6 Å². The summed E-state index contributed by atoms with van der Waals surface area (Å²) < 4.78 is 0. The Kier molecular flexibility index (Phi) is 7.20. The van der Waals surface area contributed by atoms with Gasteiger partial charge in [0.1, 0.15) is 0 Å². The van der Waals surface area contributed by atoms with Crippen LogP contribution in [0.3, 0.4) is 0 Å². The smallest absolute Gasteiger partial charge is 0.0249 e. The van der Waals surface area contributed by atoms with Gasteiger partial charge >= 0.3 is 0 Å². The van der Waals surface area contributed by atoms with E-state index in [-0.39, 0.29) is 0 Å². The highest BCUT2D eigenvalue weighted by Crippen LogP contribution is 2.14. The minimum absolute atomic E-state index is 0.582. The summed E-state index contributed by atoms with van der Waals surface area (Å²) in [6, 6.07) is 0. The van der Waals surface area contributed by atoms with E-state index in [2.05, 4.69) is 13.8 Å². The van der Waals surface area contributed by atoms with Crippen LogP contribution in [0.15, 0.2) is 11.6 Å². The van der Waals surface area contributed by atoms with Crippen molar-refractivity contribution < 1.29 is 0 Å². The highest BCUT2D eigenvalue weighted by Gasteiger charge is 2.02. The molecule has 2 atom stereocenters. The fraction of sp³-hybridized carbons (Fsp3) is 0.778. The van der Waals surface area contributed by atoms with Gasteiger partial charge in [0.2, 0.25) is 0 Å². The fourth-order valence-electron chi connectivity index (χ4n) is 0.845. The van der Waals surface area contributed by atoms with Crippen molar-refractivity contribution in [2.24, 2.45) is 11.8 Å². The van der Waals surface area contributed by atoms with Crippen LogP contribution in [0.25, 0.3) is 0 Å². The molecule has 0 saturated heterocycles. The first-order valence-corrected chi connectivity index (χ1v) is 5.00. The van der Waals surface area contributed by atoms with Gasteiger partial charge in [0.05, 0.1) is 0 Å². The third-order valence-electron chi connectivity index (χ3n) is 1.78. The lowest BCUT2D eigenvalue weighted by Crippen LogP contribution is -1.99. The van der Waals surface area contributed by atoms with Gasteiger partial charge in [-0.05, 0) is 24.7 Å². The molecule has 0 rings (SSSR count). The Balaban J connectivity index is 3.37. The molecule has 0 heterocycles. The van der Waals surface area contributed by atoms with Crippen LogP contribution in [0.5, 0.6) is 0 Å². The molecule has 0 bridgehead atoms. The Hall–Kier alpha value is 0.320. The van der Waals surface area contributed by atoms with Crippen LogP contribution >= 0.6 is 23.2 Å².